The fourth-order valence-corrected chi connectivity index (χ4v) is 2.99. The zero-order valence-electron chi connectivity index (χ0n) is 12.1. The Morgan fingerprint density at radius 3 is 2.85 bits per heavy atom. The molecule has 1 aromatic heterocycles. The van der Waals surface area contributed by atoms with Gasteiger partial charge in [-0.2, -0.15) is 0 Å². The molecule has 0 aliphatic heterocycles. The maximum absolute atomic E-state index is 4.09. The number of imidazole rings is 1. The fraction of sp³-hybridized carbons (Fsp3) is 0.471. The molecular formula is C17H23N3. The maximum atomic E-state index is 4.09. The molecule has 0 radical (unpaired) electrons. The number of anilines is 1. The largest absolute Gasteiger partial charge is 0.382 e. The van der Waals surface area contributed by atoms with E-state index in [4.69, 9.17) is 0 Å². The van der Waals surface area contributed by atoms with Crippen LogP contribution in [0.25, 0.3) is 0 Å². The van der Waals surface area contributed by atoms with Gasteiger partial charge in [-0.25, -0.2) is 4.98 Å². The molecule has 106 valence electrons. The van der Waals surface area contributed by atoms with Crippen molar-refractivity contribution in [2.75, 3.05) is 5.32 Å². The van der Waals surface area contributed by atoms with Gasteiger partial charge in [0.1, 0.15) is 0 Å². The topological polar surface area (TPSA) is 29.9 Å². The molecule has 1 aliphatic rings. The number of nitrogens with zero attached hydrogens (tertiary/aromatic N) is 2. The molecule has 0 unspecified atom stereocenters. The van der Waals surface area contributed by atoms with E-state index in [-0.39, 0.29) is 0 Å². The molecule has 0 saturated heterocycles. The Balaban J connectivity index is 1.62. The van der Waals surface area contributed by atoms with Crippen molar-refractivity contribution in [3.05, 3.63) is 48.5 Å². The predicted molar refractivity (Wildman–Crippen MR) is 82.8 cm³/mol. The van der Waals surface area contributed by atoms with Gasteiger partial charge in [-0.05, 0) is 49.3 Å². The summed E-state index contributed by atoms with van der Waals surface area (Å²) in [6, 6.07) is 9.40. The minimum Gasteiger partial charge on any atom is -0.382 e. The third-order valence-electron chi connectivity index (χ3n) is 4.24. The quantitative estimate of drug-likeness (QED) is 0.911. The van der Waals surface area contributed by atoms with Gasteiger partial charge in [-0.1, -0.05) is 19.1 Å². The van der Waals surface area contributed by atoms with Crippen LogP contribution in [-0.4, -0.2) is 15.6 Å². The number of benzene rings is 1. The molecule has 0 spiro atoms. The van der Waals surface area contributed by atoms with Gasteiger partial charge in [0.2, 0.25) is 0 Å². The van der Waals surface area contributed by atoms with Crippen LogP contribution in [0.4, 0.5) is 5.69 Å². The Morgan fingerprint density at radius 1 is 1.25 bits per heavy atom. The molecule has 0 bridgehead atoms. The second-order valence-electron chi connectivity index (χ2n) is 6.04. The van der Waals surface area contributed by atoms with Gasteiger partial charge < -0.3 is 9.88 Å². The van der Waals surface area contributed by atoms with Crippen LogP contribution in [-0.2, 0) is 6.54 Å². The smallest absolute Gasteiger partial charge is 0.0949 e. The molecule has 3 heteroatoms. The van der Waals surface area contributed by atoms with Crippen LogP contribution >= 0.6 is 0 Å². The van der Waals surface area contributed by atoms with E-state index in [1.807, 2.05) is 18.7 Å². The lowest BCUT2D eigenvalue weighted by Crippen LogP contribution is -2.25. The van der Waals surface area contributed by atoms with Gasteiger partial charge in [0.15, 0.2) is 0 Å². The summed E-state index contributed by atoms with van der Waals surface area (Å²) in [6.07, 6.45) is 11.0. The summed E-state index contributed by atoms with van der Waals surface area (Å²) in [4.78, 5) is 4.09. The second-order valence-corrected chi connectivity index (χ2v) is 6.04. The molecule has 2 aromatic rings. The Bertz CT molecular complexity index is 525. The molecule has 1 aromatic carbocycles. The highest BCUT2D eigenvalue weighted by Crippen LogP contribution is 2.26. The summed E-state index contributed by atoms with van der Waals surface area (Å²) in [5.74, 6) is 0.903. The third-order valence-corrected chi connectivity index (χ3v) is 4.24. The number of aromatic nitrogens is 2. The van der Waals surface area contributed by atoms with Crippen molar-refractivity contribution < 1.29 is 0 Å². The first-order valence-electron chi connectivity index (χ1n) is 7.61. The van der Waals surface area contributed by atoms with Gasteiger partial charge >= 0.3 is 0 Å². The predicted octanol–water partition coefficient (Wildman–Crippen LogP) is 3.92. The highest BCUT2D eigenvalue weighted by Gasteiger charge is 2.17. The standard InChI is InChI=1S/C17H23N3/c1-14-5-7-16(8-6-14)19-17-4-2-3-15(11-17)12-20-10-9-18-13-20/h2-4,9-11,13-14,16,19H,5-8,12H2,1H3. The van der Waals surface area contributed by atoms with E-state index in [1.54, 1.807) is 0 Å². The zero-order chi connectivity index (χ0) is 13.8. The molecule has 1 heterocycles. The number of nitrogens with one attached hydrogen (secondary N) is 1. The average Bonchev–Trinajstić information content (AvgIpc) is 2.95. The van der Waals surface area contributed by atoms with Crippen LogP contribution in [0.3, 0.4) is 0 Å². The summed E-state index contributed by atoms with van der Waals surface area (Å²) in [5.41, 5.74) is 2.57. The summed E-state index contributed by atoms with van der Waals surface area (Å²) in [5, 5.41) is 3.70. The van der Waals surface area contributed by atoms with Crippen molar-refractivity contribution >= 4 is 5.69 Å². The molecule has 0 amide bonds. The van der Waals surface area contributed by atoms with Crippen LogP contribution < -0.4 is 5.32 Å². The normalized spacial score (nSPS) is 22.6. The van der Waals surface area contributed by atoms with E-state index in [2.05, 4.69) is 46.1 Å². The zero-order valence-corrected chi connectivity index (χ0v) is 12.1. The molecule has 0 atom stereocenters. The molecule has 1 aliphatic carbocycles. The van der Waals surface area contributed by atoms with Crippen molar-refractivity contribution in [2.45, 2.75) is 45.2 Å². The van der Waals surface area contributed by atoms with E-state index in [1.165, 1.54) is 36.9 Å². The van der Waals surface area contributed by atoms with E-state index in [0.29, 0.717) is 6.04 Å². The molecular weight excluding hydrogens is 246 g/mol. The fourth-order valence-electron chi connectivity index (χ4n) is 2.99. The number of hydrogen-bond acceptors (Lipinski definition) is 2. The Labute approximate surface area is 121 Å². The summed E-state index contributed by atoms with van der Waals surface area (Å²) >= 11 is 0. The summed E-state index contributed by atoms with van der Waals surface area (Å²) in [7, 11) is 0. The van der Waals surface area contributed by atoms with Crippen LogP contribution in [0.2, 0.25) is 0 Å². The number of hydrogen-bond donors (Lipinski definition) is 1. The minimum absolute atomic E-state index is 0.648. The summed E-state index contributed by atoms with van der Waals surface area (Å²) in [6.45, 7) is 3.25. The van der Waals surface area contributed by atoms with Gasteiger partial charge in [0.25, 0.3) is 0 Å². The Kier molecular flexibility index (Phi) is 4.05. The van der Waals surface area contributed by atoms with Crippen LogP contribution in [0.15, 0.2) is 43.0 Å². The first kappa shape index (κ1) is 13.2. The molecule has 3 nitrogen and oxygen atoms in total. The second kappa shape index (κ2) is 6.12. The van der Waals surface area contributed by atoms with Crippen molar-refractivity contribution in [1.29, 1.82) is 0 Å². The van der Waals surface area contributed by atoms with E-state index < -0.39 is 0 Å². The monoisotopic (exact) mass is 269 g/mol. The van der Waals surface area contributed by atoms with Crippen LogP contribution in [0.5, 0.6) is 0 Å². The first-order valence-corrected chi connectivity index (χ1v) is 7.61. The van der Waals surface area contributed by atoms with Crippen molar-refractivity contribution in [3.8, 4) is 0 Å². The third kappa shape index (κ3) is 3.41. The van der Waals surface area contributed by atoms with Gasteiger partial charge in [-0.15, -0.1) is 0 Å². The van der Waals surface area contributed by atoms with Crippen molar-refractivity contribution in [3.63, 3.8) is 0 Å². The minimum atomic E-state index is 0.648. The molecule has 20 heavy (non-hydrogen) atoms. The molecule has 1 saturated carbocycles. The molecule has 1 N–H and O–H groups in total. The average molecular weight is 269 g/mol. The van der Waals surface area contributed by atoms with Crippen LogP contribution in [0.1, 0.15) is 38.2 Å². The van der Waals surface area contributed by atoms with Gasteiger partial charge in [-0.3, -0.25) is 0 Å². The lowest BCUT2D eigenvalue weighted by Gasteiger charge is -2.27. The van der Waals surface area contributed by atoms with Crippen LogP contribution in [0, 0.1) is 5.92 Å². The maximum Gasteiger partial charge on any atom is 0.0949 e. The van der Waals surface area contributed by atoms with Gasteiger partial charge in [0, 0.05) is 30.7 Å². The molecule has 1 fully saturated rings. The molecule has 3 rings (SSSR count). The lowest BCUT2D eigenvalue weighted by molar-refractivity contribution is 0.361. The lowest BCUT2D eigenvalue weighted by atomic mass is 9.87. The van der Waals surface area contributed by atoms with Crippen molar-refractivity contribution in [1.82, 2.24) is 9.55 Å². The van der Waals surface area contributed by atoms with E-state index >= 15 is 0 Å². The summed E-state index contributed by atoms with van der Waals surface area (Å²) < 4.78 is 2.10. The Morgan fingerprint density at radius 2 is 2.10 bits per heavy atom. The highest BCUT2D eigenvalue weighted by atomic mass is 15.0. The Hall–Kier alpha value is -1.77. The van der Waals surface area contributed by atoms with E-state index in [9.17, 15) is 0 Å². The van der Waals surface area contributed by atoms with Crippen molar-refractivity contribution in [2.24, 2.45) is 5.92 Å². The number of rotatable bonds is 4. The van der Waals surface area contributed by atoms with E-state index in [0.717, 1.165) is 12.5 Å². The van der Waals surface area contributed by atoms with Gasteiger partial charge in [0.05, 0.1) is 6.33 Å². The SMILES string of the molecule is CC1CCC(Nc2cccc(Cn3ccnc3)c2)CC1. The first-order chi connectivity index (χ1) is 9.79. The highest BCUT2D eigenvalue weighted by molar-refractivity contribution is 5.46.